The number of benzene rings is 1. The van der Waals surface area contributed by atoms with E-state index in [1.807, 2.05) is 36.4 Å². The summed E-state index contributed by atoms with van der Waals surface area (Å²) in [7, 11) is 0. The second kappa shape index (κ2) is 5.91. The maximum atomic E-state index is 5.68. The van der Waals surface area contributed by atoms with Crippen molar-refractivity contribution in [2.75, 3.05) is 0 Å². The summed E-state index contributed by atoms with van der Waals surface area (Å²) in [5.74, 6) is 0.869. The number of pyridine rings is 1. The molecular formula is C15H13BrN4S. The average molecular weight is 361 g/mol. The van der Waals surface area contributed by atoms with Gasteiger partial charge >= 0.3 is 0 Å². The highest BCUT2D eigenvalue weighted by molar-refractivity contribution is 9.10. The molecule has 2 aromatic heterocycles. The van der Waals surface area contributed by atoms with Crippen molar-refractivity contribution in [3.8, 4) is 0 Å². The number of para-hydroxylation sites is 2. The molecule has 0 saturated heterocycles. The van der Waals surface area contributed by atoms with E-state index < -0.39 is 0 Å². The molecule has 0 aliphatic heterocycles. The fraction of sp³-hybridized carbons (Fsp3) is 0.133. The third-order valence-electron chi connectivity index (χ3n) is 3.17. The number of aromatic nitrogens is 3. The predicted octanol–water partition coefficient (Wildman–Crippen LogP) is 3.07. The van der Waals surface area contributed by atoms with Crippen LogP contribution in [-0.4, -0.2) is 19.5 Å². The highest BCUT2D eigenvalue weighted by Gasteiger charge is 2.12. The summed E-state index contributed by atoms with van der Waals surface area (Å²) in [6.07, 6.45) is 2.28. The Kier molecular flexibility index (Phi) is 3.98. The predicted molar refractivity (Wildman–Crippen MR) is 91.3 cm³/mol. The Labute approximate surface area is 136 Å². The van der Waals surface area contributed by atoms with Crippen LogP contribution in [0.2, 0.25) is 0 Å². The average Bonchev–Trinajstić information content (AvgIpc) is 2.78. The van der Waals surface area contributed by atoms with Crippen molar-refractivity contribution in [1.29, 1.82) is 0 Å². The number of rotatable bonds is 4. The minimum absolute atomic E-state index is 0.440. The zero-order valence-corrected chi connectivity index (χ0v) is 13.6. The van der Waals surface area contributed by atoms with Crippen molar-refractivity contribution >= 4 is 44.2 Å². The largest absolute Gasteiger partial charge is 0.393 e. The number of imidazole rings is 1. The normalized spacial score (nSPS) is 10.9. The van der Waals surface area contributed by atoms with Crippen LogP contribution in [0.25, 0.3) is 11.0 Å². The van der Waals surface area contributed by atoms with Crippen LogP contribution in [0.5, 0.6) is 0 Å². The number of hydrogen-bond donors (Lipinski definition) is 1. The van der Waals surface area contributed by atoms with E-state index in [-0.39, 0.29) is 0 Å². The molecular weight excluding hydrogens is 348 g/mol. The zero-order chi connectivity index (χ0) is 14.8. The molecule has 0 radical (unpaired) electrons. The summed E-state index contributed by atoms with van der Waals surface area (Å²) >= 11 is 8.42. The first-order valence-electron chi connectivity index (χ1n) is 6.46. The first kappa shape index (κ1) is 14.2. The molecule has 21 heavy (non-hydrogen) atoms. The molecule has 2 heterocycles. The Morgan fingerprint density at radius 1 is 1.24 bits per heavy atom. The van der Waals surface area contributed by atoms with Gasteiger partial charge < -0.3 is 10.3 Å². The third kappa shape index (κ3) is 3.11. The van der Waals surface area contributed by atoms with Crippen LogP contribution in [0.1, 0.15) is 11.5 Å². The molecule has 0 atom stereocenters. The summed E-state index contributed by atoms with van der Waals surface area (Å²) in [4.78, 5) is 9.49. The second-order valence-corrected chi connectivity index (χ2v) is 6.15. The number of thiocarbonyl (C=S) groups is 1. The van der Waals surface area contributed by atoms with Gasteiger partial charge in [0.15, 0.2) is 0 Å². The highest BCUT2D eigenvalue weighted by atomic mass is 79.9. The van der Waals surface area contributed by atoms with Crippen LogP contribution in [0.15, 0.2) is 47.1 Å². The minimum atomic E-state index is 0.440. The summed E-state index contributed by atoms with van der Waals surface area (Å²) in [5.41, 5.74) is 8.66. The standard InChI is InChI=1S/C15H13BrN4S/c16-10-5-6-11(18-8-10)9-20-13-4-2-1-3-12(13)19-15(20)7-14(17)21/h1-6,8H,7,9H2,(H2,17,21). The third-order valence-corrected chi connectivity index (χ3v) is 3.79. The molecule has 0 fully saturated rings. The van der Waals surface area contributed by atoms with Crippen molar-refractivity contribution in [1.82, 2.24) is 14.5 Å². The van der Waals surface area contributed by atoms with E-state index in [1.165, 1.54) is 0 Å². The van der Waals surface area contributed by atoms with Crippen molar-refractivity contribution in [3.63, 3.8) is 0 Å². The van der Waals surface area contributed by atoms with Crippen LogP contribution < -0.4 is 5.73 Å². The number of halogens is 1. The number of hydrogen-bond acceptors (Lipinski definition) is 3. The van der Waals surface area contributed by atoms with Gasteiger partial charge in [0.2, 0.25) is 0 Å². The lowest BCUT2D eigenvalue weighted by atomic mass is 10.3. The van der Waals surface area contributed by atoms with E-state index in [0.717, 1.165) is 27.0 Å². The van der Waals surface area contributed by atoms with E-state index in [9.17, 15) is 0 Å². The van der Waals surface area contributed by atoms with E-state index in [4.69, 9.17) is 18.0 Å². The second-order valence-electron chi connectivity index (χ2n) is 4.71. The molecule has 0 spiro atoms. The summed E-state index contributed by atoms with van der Waals surface area (Å²) in [5, 5.41) is 0. The Hall–Kier alpha value is -1.79. The van der Waals surface area contributed by atoms with Gasteiger partial charge in [-0.15, -0.1) is 0 Å². The van der Waals surface area contributed by atoms with Gasteiger partial charge in [-0.1, -0.05) is 24.4 Å². The van der Waals surface area contributed by atoms with Crippen LogP contribution in [0.4, 0.5) is 0 Å². The van der Waals surface area contributed by atoms with Crippen molar-refractivity contribution in [3.05, 3.63) is 58.6 Å². The fourth-order valence-corrected chi connectivity index (χ4v) is 2.62. The van der Waals surface area contributed by atoms with Gasteiger partial charge in [0, 0.05) is 10.7 Å². The van der Waals surface area contributed by atoms with Crippen LogP contribution in [0, 0.1) is 0 Å². The number of nitrogens with zero attached hydrogens (tertiary/aromatic N) is 3. The maximum absolute atomic E-state index is 5.68. The molecule has 106 valence electrons. The Morgan fingerprint density at radius 2 is 2.05 bits per heavy atom. The van der Waals surface area contributed by atoms with Gasteiger partial charge in [0.05, 0.1) is 34.7 Å². The van der Waals surface area contributed by atoms with Crippen molar-refractivity contribution in [2.24, 2.45) is 5.73 Å². The number of fused-ring (bicyclic) bond motifs is 1. The molecule has 3 rings (SSSR count). The lowest BCUT2D eigenvalue weighted by Crippen LogP contribution is -2.16. The van der Waals surface area contributed by atoms with Gasteiger partial charge in [-0.3, -0.25) is 4.98 Å². The first-order chi connectivity index (χ1) is 10.1. The first-order valence-corrected chi connectivity index (χ1v) is 7.66. The van der Waals surface area contributed by atoms with E-state index in [0.29, 0.717) is 18.0 Å². The monoisotopic (exact) mass is 360 g/mol. The van der Waals surface area contributed by atoms with E-state index in [1.54, 1.807) is 6.20 Å². The molecule has 0 unspecified atom stereocenters. The fourth-order valence-electron chi connectivity index (χ4n) is 2.25. The highest BCUT2D eigenvalue weighted by Crippen LogP contribution is 2.18. The minimum Gasteiger partial charge on any atom is -0.393 e. The molecule has 0 saturated carbocycles. The zero-order valence-electron chi connectivity index (χ0n) is 11.2. The molecule has 2 N–H and O–H groups in total. The summed E-state index contributed by atoms with van der Waals surface area (Å²) in [6, 6.07) is 12.0. The van der Waals surface area contributed by atoms with Gasteiger partial charge in [-0.2, -0.15) is 0 Å². The topological polar surface area (TPSA) is 56.7 Å². The SMILES string of the molecule is NC(=S)Cc1nc2ccccc2n1Cc1ccc(Br)cn1. The molecule has 0 amide bonds. The molecule has 4 nitrogen and oxygen atoms in total. The molecule has 6 heteroatoms. The summed E-state index contributed by atoms with van der Waals surface area (Å²) < 4.78 is 3.08. The Balaban J connectivity index is 2.05. The van der Waals surface area contributed by atoms with Crippen LogP contribution in [-0.2, 0) is 13.0 Å². The number of nitrogens with two attached hydrogens (primary N) is 1. The lowest BCUT2D eigenvalue weighted by Gasteiger charge is -2.08. The van der Waals surface area contributed by atoms with Crippen LogP contribution in [0.3, 0.4) is 0 Å². The van der Waals surface area contributed by atoms with Crippen molar-refractivity contribution in [2.45, 2.75) is 13.0 Å². The Bertz CT molecular complexity index is 795. The molecule has 1 aromatic carbocycles. The van der Waals surface area contributed by atoms with E-state index in [2.05, 4.69) is 30.5 Å². The molecule has 0 aliphatic carbocycles. The molecule has 3 aromatic rings. The molecule has 0 aliphatic rings. The smallest absolute Gasteiger partial charge is 0.117 e. The van der Waals surface area contributed by atoms with Crippen LogP contribution >= 0.6 is 28.1 Å². The van der Waals surface area contributed by atoms with Gasteiger partial charge in [-0.25, -0.2) is 4.98 Å². The van der Waals surface area contributed by atoms with E-state index >= 15 is 0 Å². The van der Waals surface area contributed by atoms with Gasteiger partial charge in [0.1, 0.15) is 5.82 Å². The molecule has 0 bridgehead atoms. The van der Waals surface area contributed by atoms with Crippen molar-refractivity contribution < 1.29 is 0 Å². The quantitative estimate of drug-likeness (QED) is 0.726. The Morgan fingerprint density at radius 3 is 2.76 bits per heavy atom. The maximum Gasteiger partial charge on any atom is 0.117 e. The van der Waals surface area contributed by atoms with Gasteiger partial charge in [-0.05, 0) is 40.2 Å². The lowest BCUT2D eigenvalue weighted by molar-refractivity contribution is 0.754. The van der Waals surface area contributed by atoms with Gasteiger partial charge in [0.25, 0.3) is 0 Å². The summed E-state index contributed by atoms with van der Waals surface area (Å²) in [6.45, 7) is 0.645.